The maximum Gasteiger partial charge on any atom is 0.255 e. The molecule has 0 fully saturated rings. The fraction of sp³-hybridized carbons (Fsp3) is 0.125. The van der Waals surface area contributed by atoms with Crippen molar-refractivity contribution in [2.24, 2.45) is 0 Å². The molecule has 31 heavy (non-hydrogen) atoms. The fourth-order valence-corrected chi connectivity index (χ4v) is 5.81. The summed E-state index contributed by atoms with van der Waals surface area (Å²) >= 11 is 0. The lowest BCUT2D eigenvalue weighted by atomic mass is 9.90. The first-order chi connectivity index (χ1) is 14.9. The summed E-state index contributed by atoms with van der Waals surface area (Å²) in [6.07, 6.45) is 2.14. The van der Waals surface area contributed by atoms with Crippen molar-refractivity contribution in [3.05, 3.63) is 88.5 Å². The van der Waals surface area contributed by atoms with Gasteiger partial charge in [-0.1, -0.05) is 18.2 Å². The van der Waals surface area contributed by atoms with Gasteiger partial charge in [-0.3, -0.25) is 14.4 Å². The molecule has 0 saturated heterocycles. The molecule has 0 atom stereocenters. The zero-order valence-corrected chi connectivity index (χ0v) is 17.2. The first kappa shape index (κ1) is 19.4. The first-order valence-electron chi connectivity index (χ1n) is 9.86. The Labute approximate surface area is 178 Å². The Morgan fingerprint density at radius 3 is 2.42 bits per heavy atom. The van der Waals surface area contributed by atoms with Crippen molar-refractivity contribution in [2.45, 2.75) is 29.1 Å². The lowest BCUT2D eigenvalue weighted by molar-refractivity contribution is 0.0970. The van der Waals surface area contributed by atoms with Crippen LogP contribution in [0.5, 0.6) is 0 Å². The normalized spacial score (nSPS) is 16.1. The Kier molecular flexibility index (Phi) is 4.37. The Bertz CT molecular complexity index is 1410. The van der Waals surface area contributed by atoms with Crippen molar-refractivity contribution < 1.29 is 22.8 Å². The summed E-state index contributed by atoms with van der Waals surface area (Å²) in [4.78, 5) is 37.5. The van der Waals surface area contributed by atoms with Gasteiger partial charge in [0.2, 0.25) is 9.84 Å². The zero-order valence-electron chi connectivity index (χ0n) is 16.3. The first-order valence-corrected chi connectivity index (χ1v) is 11.3. The minimum absolute atomic E-state index is 0.0504. The lowest BCUT2D eigenvalue weighted by Crippen LogP contribution is -2.21. The van der Waals surface area contributed by atoms with Crippen molar-refractivity contribution in [2.75, 3.05) is 5.32 Å². The van der Waals surface area contributed by atoms with Gasteiger partial charge < -0.3 is 5.32 Å². The third-order valence-electron chi connectivity index (χ3n) is 5.72. The van der Waals surface area contributed by atoms with Gasteiger partial charge in [0.1, 0.15) is 0 Å². The molecule has 5 rings (SSSR count). The molecule has 1 aliphatic carbocycles. The number of Topliss-reactive ketones (excluding diaryl/α,β-unsaturated/α-hetero) is 1. The number of anilines is 1. The van der Waals surface area contributed by atoms with Crippen LogP contribution in [0.1, 0.15) is 55.0 Å². The second-order valence-electron chi connectivity index (χ2n) is 7.64. The van der Waals surface area contributed by atoms with Gasteiger partial charge in [0.25, 0.3) is 5.91 Å². The number of aryl methyl sites for hydroxylation is 1. The van der Waals surface area contributed by atoms with Gasteiger partial charge in [0.05, 0.1) is 9.79 Å². The fourth-order valence-electron chi connectivity index (χ4n) is 4.13. The molecule has 0 spiro atoms. The SMILES string of the molecule is O=C(Nc1ccc2c(c1)C(=O)CCC2)c1ccc2c(c1)S(=O)(=O)c1ccccc1C2=O. The van der Waals surface area contributed by atoms with E-state index in [-0.39, 0.29) is 38.0 Å². The number of fused-ring (bicyclic) bond motifs is 3. The van der Waals surface area contributed by atoms with E-state index in [0.29, 0.717) is 17.7 Å². The number of hydrogen-bond donors (Lipinski definition) is 1. The smallest absolute Gasteiger partial charge is 0.255 e. The van der Waals surface area contributed by atoms with Crippen LogP contribution in [0.25, 0.3) is 0 Å². The minimum Gasteiger partial charge on any atom is -0.322 e. The van der Waals surface area contributed by atoms with Crippen LogP contribution in [0.2, 0.25) is 0 Å². The van der Waals surface area contributed by atoms with E-state index in [2.05, 4.69) is 5.32 Å². The van der Waals surface area contributed by atoms with E-state index < -0.39 is 15.7 Å². The van der Waals surface area contributed by atoms with Gasteiger partial charge in [0, 0.05) is 34.4 Å². The molecule has 0 saturated carbocycles. The predicted molar refractivity (Wildman–Crippen MR) is 113 cm³/mol. The standard InChI is InChI=1S/C24H17NO5S/c26-20-6-3-4-14-8-10-16(13-19(14)20)25-24(28)15-9-11-18-22(12-15)31(29,30)21-7-2-1-5-17(21)23(18)27/h1-2,5,7-13H,3-4,6H2,(H,25,28). The van der Waals surface area contributed by atoms with E-state index in [4.69, 9.17) is 0 Å². The summed E-state index contributed by atoms with van der Waals surface area (Å²) in [5.74, 6) is -0.859. The van der Waals surface area contributed by atoms with Crippen LogP contribution < -0.4 is 5.32 Å². The minimum atomic E-state index is -3.93. The summed E-state index contributed by atoms with van der Waals surface area (Å²) in [5, 5.41) is 2.72. The Hall–Kier alpha value is -3.58. The highest BCUT2D eigenvalue weighted by Crippen LogP contribution is 2.35. The highest BCUT2D eigenvalue weighted by Gasteiger charge is 2.35. The molecule has 7 heteroatoms. The average Bonchev–Trinajstić information content (AvgIpc) is 2.78. The van der Waals surface area contributed by atoms with Crippen LogP contribution in [-0.4, -0.2) is 25.9 Å². The molecule has 1 heterocycles. The van der Waals surface area contributed by atoms with Gasteiger partial charge in [-0.2, -0.15) is 0 Å². The Balaban J connectivity index is 1.50. The van der Waals surface area contributed by atoms with E-state index >= 15 is 0 Å². The third-order valence-corrected chi connectivity index (χ3v) is 7.57. The van der Waals surface area contributed by atoms with Crippen molar-refractivity contribution in [1.29, 1.82) is 0 Å². The highest BCUT2D eigenvalue weighted by molar-refractivity contribution is 7.91. The monoisotopic (exact) mass is 431 g/mol. The van der Waals surface area contributed by atoms with Crippen molar-refractivity contribution in [1.82, 2.24) is 0 Å². The van der Waals surface area contributed by atoms with Crippen molar-refractivity contribution >= 4 is 33.0 Å². The number of nitrogens with one attached hydrogen (secondary N) is 1. The molecular weight excluding hydrogens is 414 g/mol. The molecule has 3 aromatic carbocycles. The molecular formula is C24H17NO5S. The topological polar surface area (TPSA) is 97.4 Å². The second kappa shape index (κ2) is 6.99. The largest absolute Gasteiger partial charge is 0.322 e. The number of carbonyl (C=O) groups excluding carboxylic acids is 3. The van der Waals surface area contributed by atoms with E-state index in [1.54, 1.807) is 24.3 Å². The maximum atomic E-state index is 13.0. The molecule has 1 N–H and O–H groups in total. The molecule has 154 valence electrons. The highest BCUT2D eigenvalue weighted by atomic mass is 32.2. The summed E-state index contributed by atoms with van der Waals surface area (Å²) in [6.45, 7) is 0. The second-order valence-corrected chi connectivity index (χ2v) is 9.53. The quantitative estimate of drug-likeness (QED) is 0.520. The van der Waals surface area contributed by atoms with Crippen molar-refractivity contribution in [3.8, 4) is 0 Å². The molecule has 2 aliphatic rings. The van der Waals surface area contributed by atoms with E-state index in [1.807, 2.05) is 6.07 Å². The zero-order chi connectivity index (χ0) is 21.8. The molecule has 1 amide bonds. The van der Waals surface area contributed by atoms with Gasteiger partial charge >= 0.3 is 0 Å². The van der Waals surface area contributed by atoms with Crippen LogP contribution >= 0.6 is 0 Å². The summed E-state index contributed by atoms with van der Waals surface area (Å²) in [7, 11) is -3.93. The lowest BCUT2D eigenvalue weighted by Gasteiger charge is -2.19. The van der Waals surface area contributed by atoms with Gasteiger partial charge in [0.15, 0.2) is 11.6 Å². The van der Waals surface area contributed by atoms with E-state index in [9.17, 15) is 22.8 Å². The molecule has 0 bridgehead atoms. The molecule has 1 aliphatic heterocycles. The van der Waals surface area contributed by atoms with Gasteiger partial charge in [-0.25, -0.2) is 8.42 Å². The number of hydrogen-bond acceptors (Lipinski definition) is 5. The Morgan fingerprint density at radius 1 is 0.806 bits per heavy atom. The molecule has 0 aromatic heterocycles. The van der Waals surface area contributed by atoms with E-state index in [0.717, 1.165) is 18.4 Å². The number of rotatable bonds is 2. The number of ketones is 2. The van der Waals surface area contributed by atoms with Gasteiger partial charge in [-0.15, -0.1) is 0 Å². The molecule has 0 unspecified atom stereocenters. The van der Waals surface area contributed by atoms with Crippen LogP contribution in [-0.2, 0) is 16.3 Å². The number of benzene rings is 3. The summed E-state index contributed by atoms with van der Waals surface area (Å²) < 4.78 is 26.1. The number of amides is 1. The van der Waals surface area contributed by atoms with Crippen LogP contribution in [0.4, 0.5) is 5.69 Å². The average molecular weight is 431 g/mol. The molecule has 3 aromatic rings. The predicted octanol–water partition coefficient (Wildman–Crippen LogP) is 3.84. The summed E-state index contributed by atoms with van der Waals surface area (Å²) in [5.41, 5.74) is 2.32. The van der Waals surface area contributed by atoms with Crippen LogP contribution in [0, 0.1) is 0 Å². The Morgan fingerprint density at radius 2 is 1.58 bits per heavy atom. The van der Waals surface area contributed by atoms with E-state index in [1.165, 1.54) is 30.3 Å². The van der Waals surface area contributed by atoms with Crippen molar-refractivity contribution in [3.63, 3.8) is 0 Å². The summed E-state index contributed by atoms with van der Waals surface area (Å²) in [6, 6.07) is 15.3. The number of carbonyl (C=O) groups is 3. The van der Waals surface area contributed by atoms with Crippen LogP contribution in [0.3, 0.4) is 0 Å². The molecule has 6 nitrogen and oxygen atoms in total. The maximum absolute atomic E-state index is 13.0. The third kappa shape index (κ3) is 3.09. The van der Waals surface area contributed by atoms with Crippen LogP contribution in [0.15, 0.2) is 70.5 Å². The van der Waals surface area contributed by atoms with Gasteiger partial charge in [-0.05, 0) is 60.9 Å². The number of sulfone groups is 1. The molecule has 0 radical (unpaired) electrons.